The number of ether oxygens (including phenoxy) is 1. The van der Waals surface area contributed by atoms with Crippen molar-refractivity contribution >= 4 is 12.1 Å². The molecule has 0 aromatic heterocycles. The Morgan fingerprint density at radius 3 is 2.44 bits per heavy atom. The highest BCUT2D eigenvalue weighted by molar-refractivity contribution is 5.80. The predicted molar refractivity (Wildman–Crippen MR) is 67.4 cm³/mol. The number of carboxylic acid groups (broad SMARTS) is 1. The van der Waals surface area contributed by atoms with Crippen molar-refractivity contribution in [2.75, 3.05) is 6.54 Å². The van der Waals surface area contributed by atoms with E-state index in [0.717, 1.165) is 12.8 Å². The third-order valence-electron chi connectivity index (χ3n) is 3.00. The van der Waals surface area contributed by atoms with Crippen molar-refractivity contribution in [2.24, 2.45) is 5.92 Å². The standard InChI is InChI=1S/C13H23NO4/c1-5-6-9-7-10(11(15)16)14(8-9)12(17)18-13(2,3)4/h9-10H,5-8H2,1-4H3,(H,15,16). The molecule has 1 rings (SSSR count). The normalized spacial score (nSPS) is 24.1. The molecule has 0 radical (unpaired) electrons. The summed E-state index contributed by atoms with van der Waals surface area (Å²) in [5.74, 6) is -0.678. The van der Waals surface area contributed by atoms with Crippen molar-refractivity contribution in [1.82, 2.24) is 4.90 Å². The van der Waals surface area contributed by atoms with E-state index in [1.165, 1.54) is 4.90 Å². The minimum Gasteiger partial charge on any atom is -0.480 e. The zero-order valence-electron chi connectivity index (χ0n) is 11.6. The molecule has 1 saturated heterocycles. The summed E-state index contributed by atoms with van der Waals surface area (Å²) in [6.07, 6.45) is 1.96. The Labute approximate surface area is 108 Å². The lowest BCUT2D eigenvalue weighted by Crippen LogP contribution is -2.43. The number of carbonyl (C=O) groups excluding carboxylic acids is 1. The van der Waals surface area contributed by atoms with Crippen molar-refractivity contribution < 1.29 is 19.4 Å². The third kappa shape index (κ3) is 3.89. The molecule has 0 aromatic rings. The molecule has 5 nitrogen and oxygen atoms in total. The van der Waals surface area contributed by atoms with E-state index in [9.17, 15) is 9.59 Å². The Kier molecular flexibility index (Phi) is 4.59. The number of hydrogen-bond acceptors (Lipinski definition) is 3. The Morgan fingerprint density at radius 1 is 1.39 bits per heavy atom. The highest BCUT2D eigenvalue weighted by Crippen LogP contribution is 2.28. The van der Waals surface area contributed by atoms with Crippen molar-refractivity contribution in [1.29, 1.82) is 0 Å². The van der Waals surface area contributed by atoms with Gasteiger partial charge in [-0.25, -0.2) is 9.59 Å². The zero-order valence-corrected chi connectivity index (χ0v) is 11.6. The molecule has 1 N–H and O–H groups in total. The number of amides is 1. The number of aliphatic carboxylic acids is 1. The van der Waals surface area contributed by atoms with Gasteiger partial charge in [0.05, 0.1) is 0 Å². The first kappa shape index (κ1) is 14.8. The van der Waals surface area contributed by atoms with Gasteiger partial charge in [-0.05, 0) is 39.5 Å². The zero-order chi connectivity index (χ0) is 13.9. The van der Waals surface area contributed by atoms with Crippen LogP contribution in [-0.2, 0) is 9.53 Å². The fourth-order valence-electron chi connectivity index (χ4n) is 2.30. The minimum absolute atomic E-state index is 0.267. The maximum absolute atomic E-state index is 12.0. The van der Waals surface area contributed by atoms with E-state index in [4.69, 9.17) is 9.84 Å². The molecule has 0 aromatic carbocycles. The molecule has 18 heavy (non-hydrogen) atoms. The number of rotatable bonds is 3. The summed E-state index contributed by atoms with van der Waals surface area (Å²) in [5.41, 5.74) is -0.594. The SMILES string of the molecule is CCCC1CC(C(=O)O)N(C(=O)OC(C)(C)C)C1. The summed E-state index contributed by atoms with van der Waals surface area (Å²) in [4.78, 5) is 24.5. The maximum atomic E-state index is 12.0. The van der Waals surface area contributed by atoms with E-state index < -0.39 is 23.7 Å². The number of likely N-dealkylation sites (tertiary alicyclic amines) is 1. The van der Waals surface area contributed by atoms with Crippen LogP contribution in [0.25, 0.3) is 0 Å². The van der Waals surface area contributed by atoms with Crippen LogP contribution in [0.1, 0.15) is 47.0 Å². The summed E-state index contributed by atoms with van der Waals surface area (Å²) in [5, 5.41) is 9.17. The smallest absolute Gasteiger partial charge is 0.411 e. The lowest BCUT2D eigenvalue weighted by molar-refractivity contribution is -0.142. The Hall–Kier alpha value is -1.26. The second kappa shape index (κ2) is 5.59. The van der Waals surface area contributed by atoms with Gasteiger partial charge in [0, 0.05) is 6.54 Å². The van der Waals surface area contributed by atoms with Crippen LogP contribution in [0.15, 0.2) is 0 Å². The average Bonchev–Trinajstić information content (AvgIpc) is 2.59. The quantitative estimate of drug-likeness (QED) is 0.843. The number of carboxylic acids is 1. The molecule has 5 heteroatoms. The topological polar surface area (TPSA) is 66.8 Å². The second-order valence-electron chi connectivity index (χ2n) is 5.88. The summed E-state index contributed by atoms with van der Waals surface area (Å²) in [6.45, 7) is 7.88. The monoisotopic (exact) mass is 257 g/mol. The summed E-state index contributed by atoms with van der Waals surface area (Å²) in [7, 11) is 0. The molecule has 1 amide bonds. The minimum atomic E-state index is -0.945. The summed E-state index contributed by atoms with van der Waals surface area (Å²) in [6, 6.07) is -0.739. The molecular weight excluding hydrogens is 234 g/mol. The molecule has 1 aliphatic rings. The van der Waals surface area contributed by atoms with Crippen LogP contribution in [0.3, 0.4) is 0 Å². The predicted octanol–water partition coefficient (Wildman–Crippen LogP) is 2.50. The molecule has 0 bridgehead atoms. The van der Waals surface area contributed by atoms with E-state index in [1.807, 2.05) is 0 Å². The first-order valence-corrected chi connectivity index (χ1v) is 6.47. The Balaban J connectivity index is 2.72. The van der Waals surface area contributed by atoms with Gasteiger partial charge in [0.1, 0.15) is 11.6 Å². The van der Waals surface area contributed by atoms with E-state index in [0.29, 0.717) is 13.0 Å². The summed E-state index contributed by atoms with van der Waals surface area (Å²) < 4.78 is 5.25. The van der Waals surface area contributed by atoms with Gasteiger partial charge in [0.2, 0.25) is 0 Å². The highest BCUT2D eigenvalue weighted by Gasteiger charge is 2.40. The first-order chi connectivity index (χ1) is 8.24. The van der Waals surface area contributed by atoms with Gasteiger partial charge >= 0.3 is 12.1 Å². The van der Waals surface area contributed by atoms with Crippen LogP contribution >= 0.6 is 0 Å². The highest BCUT2D eigenvalue weighted by atomic mass is 16.6. The van der Waals surface area contributed by atoms with E-state index in [-0.39, 0.29) is 5.92 Å². The van der Waals surface area contributed by atoms with Gasteiger partial charge in [0.15, 0.2) is 0 Å². The van der Waals surface area contributed by atoms with Crippen LogP contribution in [0, 0.1) is 5.92 Å². The Bertz CT molecular complexity index is 321. The molecule has 2 atom stereocenters. The average molecular weight is 257 g/mol. The van der Waals surface area contributed by atoms with Crippen LogP contribution in [0.2, 0.25) is 0 Å². The molecule has 1 heterocycles. The van der Waals surface area contributed by atoms with E-state index >= 15 is 0 Å². The maximum Gasteiger partial charge on any atom is 0.411 e. The molecule has 104 valence electrons. The van der Waals surface area contributed by atoms with Crippen molar-refractivity contribution in [2.45, 2.75) is 58.6 Å². The van der Waals surface area contributed by atoms with Gasteiger partial charge in [-0.2, -0.15) is 0 Å². The molecule has 1 fully saturated rings. The first-order valence-electron chi connectivity index (χ1n) is 6.47. The van der Waals surface area contributed by atoms with Crippen LogP contribution in [-0.4, -0.2) is 40.3 Å². The molecular formula is C13H23NO4. The van der Waals surface area contributed by atoms with Crippen LogP contribution < -0.4 is 0 Å². The van der Waals surface area contributed by atoms with E-state index in [2.05, 4.69) is 6.92 Å². The molecule has 0 aliphatic carbocycles. The largest absolute Gasteiger partial charge is 0.480 e. The molecule has 0 spiro atoms. The van der Waals surface area contributed by atoms with Crippen molar-refractivity contribution in [3.05, 3.63) is 0 Å². The summed E-state index contributed by atoms with van der Waals surface area (Å²) >= 11 is 0. The number of hydrogen-bond donors (Lipinski definition) is 1. The third-order valence-corrected chi connectivity index (χ3v) is 3.00. The van der Waals surface area contributed by atoms with Crippen LogP contribution in [0.5, 0.6) is 0 Å². The van der Waals surface area contributed by atoms with Gasteiger partial charge in [-0.1, -0.05) is 13.3 Å². The lowest BCUT2D eigenvalue weighted by Gasteiger charge is -2.26. The fourth-order valence-corrected chi connectivity index (χ4v) is 2.30. The molecule has 1 aliphatic heterocycles. The van der Waals surface area contributed by atoms with Gasteiger partial charge in [-0.3, -0.25) is 4.90 Å². The van der Waals surface area contributed by atoms with Gasteiger partial charge in [0.25, 0.3) is 0 Å². The van der Waals surface area contributed by atoms with Crippen molar-refractivity contribution in [3.8, 4) is 0 Å². The van der Waals surface area contributed by atoms with E-state index in [1.54, 1.807) is 20.8 Å². The second-order valence-corrected chi connectivity index (χ2v) is 5.88. The van der Waals surface area contributed by atoms with Gasteiger partial charge < -0.3 is 9.84 Å². The number of carbonyl (C=O) groups is 2. The van der Waals surface area contributed by atoms with Gasteiger partial charge in [-0.15, -0.1) is 0 Å². The van der Waals surface area contributed by atoms with Crippen molar-refractivity contribution in [3.63, 3.8) is 0 Å². The Morgan fingerprint density at radius 2 is 2.00 bits per heavy atom. The number of nitrogens with zero attached hydrogens (tertiary/aromatic N) is 1. The molecule has 2 unspecified atom stereocenters. The lowest BCUT2D eigenvalue weighted by atomic mass is 10.0. The molecule has 0 saturated carbocycles. The fraction of sp³-hybridized carbons (Fsp3) is 0.846. The van der Waals surface area contributed by atoms with Crippen LogP contribution in [0.4, 0.5) is 4.79 Å².